The lowest BCUT2D eigenvalue weighted by Gasteiger charge is -2.18. The second kappa shape index (κ2) is 12.3. The molecule has 228 valence electrons. The Balaban J connectivity index is 1.78. The number of ether oxygens (including phenoxy) is 1. The molecule has 2 heterocycles. The van der Waals surface area contributed by atoms with Gasteiger partial charge in [0.25, 0.3) is 11.5 Å². The van der Waals surface area contributed by atoms with E-state index in [1.807, 2.05) is 0 Å². The van der Waals surface area contributed by atoms with Crippen molar-refractivity contribution in [3.05, 3.63) is 109 Å². The number of rotatable bonds is 9. The molecule has 0 aliphatic heterocycles. The number of carbonyl (C=O) groups is 1. The average molecular weight is 629 g/mol. The number of nitrogens with one attached hydrogen (secondary N) is 1. The van der Waals surface area contributed by atoms with Crippen molar-refractivity contribution in [1.29, 1.82) is 0 Å². The monoisotopic (exact) mass is 628 g/mol. The van der Waals surface area contributed by atoms with E-state index < -0.39 is 41.2 Å². The first-order valence-electron chi connectivity index (χ1n) is 13.0. The van der Waals surface area contributed by atoms with Crippen molar-refractivity contribution >= 4 is 28.4 Å². The van der Waals surface area contributed by atoms with E-state index in [9.17, 15) is 27.6 Å². The van der Waals surface area contributed by atoms with Gasteiger partial charge < -0.3 is 15.2 Å². The lowest BCUT2D eigenvalue weighted by Crippen LogP contribution is -2.41. The summed E-state index contributed by atoms with van der Waals surface area (Å²) < 4.78 is 50.9. The van der Waals surface area contributed by atoms with E-state index in [-0.39, 0.29) is 58.3 Å². The van der Waals surface area contributed by atoms with Gasteiger partial charge in [0.2, 0.25) is 0 Å². The molecule has 5 rings (SSSR count). The summed E-state index contributed by atoms with van der Waals surface area (Å²) in [5.74, 6) is -4.88. The molecule has 0 fully saturated rings. The lowest BCUT2D eigenvalue weighted by atomic mass is 10.00. The Morgan fingerprint density at radius 2 is 1.77 bits per heavy atom. The van der Waals surface area contributed by atoms with E-state index in [2.05, 4.69) is 15.4 Å². The van der Waals surface area contributed by atoms with Crippen molar-refractivity contribution in [2.45, 2.75) is 13.1 Å². The number of hydrogen-bond donors (Lipinski definition) is 2. The molecule has 0 radical (unpaired) electrons. The fraction of sp³-hybridized carbons (Fsp3) is 0.207. The van der Waals surface area contributed by atoms with Crippen LogP contribution in [0.5, 0.6) is 5.75 Å². The van der Waals surface area contributed by atoms with E-state index in [4.69, 9.17) is 21.4 Å². The Labute approximate surface area is 251 Å². The Kier molecular flexibility index (Phi) is 8.56. The Hall–Kier alpha value is -4.95. The van der Waals surface area contributed by atoms with E-state index >= 15 is 0 Å². The zero-order valence-electron chi connectivity index (χ0n) is 23.3. The fourth-order valence-electron chi connectivity index (χ4n) is 4.75. The zero-order chi connectivity index (χ0) is 31.7. The Morgan fingerprint density at radius 3 is 2.41 bits per heavy atom. The van der Waals surface area contributed by atoms with Crippen LogP contribution in [0.25, 0.3) is 22.0 Å². The summed E-state index contributed by atoms with van der Waals surface area (Å²) in [6.07, 6.45) is 1.39. The first-order valence-corrected chi connectivity index (χ1v) is 13.4. The molecule has 0 aliphatic carbocycles. The van der Waals surface area contributed by atoms with Crippen LogP contribution >= 0.6 is 11.6 Å². The normalized spacial score (nSPS) is 11.2. The molecule has 44 heavy (non-hydrogen) atoms. The maximum atomic E-state index is 14.2. The minimum absolute atomic E-state index is 0.0101. The molecular weight excluding hydrogens is 605 g/mol. The molecule has 0 spiro atoms. The van der Waals surface area contributed by atoms with Crippen LogP contribution in [0.15, 0.2) is 58.4 Å². The van der Waals surface area contributed by atoms with Gasteiger partial charge in [0.15, 0.2) is 23.3 Å². The van der Waals surface area contributed by atoms with Crippen LogP contribution < -0.4 is 21.3 Å². The van der Waals surface area contributed by atoms with Crippen LogP contribution in [-0.4, -0.2) is 55.2 Å². The molecule has 11 nitrogen and oxygen atoms in total. The highest BCUT2D eigenvalue weighted by atomic mass is 35.5. The molecule has 2 N–H and O–H groups in total. The molecule has 0 atom stereocenters. The van der Waals surface area contributed by atoms with Crippen molar-refractivity contribution in [2.24, 2.45) is 7.05 Å². The topological polar surface area (TPSA) is 133 Å². The molecule has 2 aromatic heterocycles. The van der Waals surface area contributed by atoms with Crippen LogP contribution in [0.2, 0.25) is 5.02 Å². The second-order valence-corrected chi connectivity index (χ2v) is 10.1. The largest absolute Gasteiger partial charge is 0.496 e. The van der Waals surface area contributed by atoms with E-state index in [1.54, 1.807) is 7.05 Å². The van der Waals surface area contributed by atoms with Gasteiger partial charge in [-0.25, -0.2) is 22.9 Å². The first kappa shape index (κ1) is 30.5. The number of halogens is 4. The quantitative estimate of drug-likeness (QED) is 0.240. The predicted octanol–water partition coefficient (Wildman–Crippen LogP) is 2.86. The van der Waals surface area contributed by atoms with Crippen molar-refractivity contribution < 1.29 is 27.8 Å². The molecule has 0 aliphatic rings. The molecule has 5 aromatic rings. The smallest absolute Gasteiger partial charge is 0.332 e. The molecule has 3 aromatic carbocycles. The van der Waals surface area contributed by atoms with Gasteiger partial charge in [-0.15, -0.1) is 0 Å². The molecular formula is C29H24ClF3N6O5. The number of methoxy groups -OCH3 is 1. The fourth-order valence-corrected chi connectivity index (χ4v) is 4.97. The van der Waals surface area contributed by atoms with Crippen LogP contribution in [-0.2, 0) is 20.1 Å². The van der Waals surface area contributed by atoms with Crippen LogP contribution in [0, 0.1) is 17.5 Å². The van der Waals surface area contributed by atoms with E-state index in [1.165, 1.54) is 48.5 Å². The molecule has 0 saturated carbocycles. The van der Waals surface area contributed by atoms with Crippen LogP contribution in [0.3, 0.4) is 0 Å². The number of benzene rings is 3. The zero-order valence-corrected chi connectivity index (χ0v) is 24.0. The number of fused-ring (bicyclic) bond motifs is 1. The predicted molar refractivity (Wildman–Crippen MR) is 154 cm³/mol. The highest BCUT2D eigenvalue weighted by Crippen LogP contribution is 2.35. The van der Waals surface area contributed by atoms with Gasteiger partial charge in [0, 0.05) is 29.7 Å². The van der Waals surface area contributed by atoms with Crippen molar-refractivity contribution in [3.63, 3.8) is 0 Å². The highest BCUT2D eigenvalue weighted by molar-refractivity contribution is 6.33. The van der Waals surface area contributed by atoms with Crippen LogP contribution in [0.1, 0.15) is 21.7 Å². The second-order valence-electron chi connectivity index (χ2n) is 9.71. The highest BCUT2D eigenvalue weighted by Gasteiger charge is 2.22. The molecule has 1 amide bonds. The Bertz CT molecular complexity index is 2020. The summed E-state index contributed by atoms with van der Waals surface area (Å²) in [7, 11) is 2.92. The summed E-state index contributed by atoms with van der Waals surface area (Å²) in [6.45, 7) is -1.04. The lowest BCUT2D eigenvalue weighted by molar-refractivity contribution is 0.0945. The number of carbonyl (C=O) groups excluding carboxylic acids is 1. The summed E-state index contributed by atoms with van der Waals surface area (Å²) in [5.41, 5.74) is -0.830. The van der Waals surface area contributed by atoms with Gasteiger partial charge in [-0.3, -0.25) is 23.4 Å². The third kappa shape index (κ3) is 5.81. The molecule has 0 saturated heterocycles. The standard InChI is InChI=1S/C29H24ClF3N6O5/c1-37-14-35-24(36-37)13-39-28(42)25-22(38(29(39)43)12-15-7-20(31)26(33)21(32)8-15)10-17(11-23(25)44-2)18-9-16(3-4-19(18)30)27(41)34-5-6-40/h3-4,7-11,14,40H,5-6,12-13H2,1-2H3,(H,34,41). The summed E-state index contributed by atoms with van der Waals surface area (Å²) in [4.78, 5) is 44.3. The first-order chi connectivity index (χ1) is 21.0. The van der Waals surface area contributed by atoms with Crippen molar-refractivity contribution in [3.8, 4) is 16.9 Å². The molecule has 15 heteroatoms. The number of hydrogen-bond acceptors (Lipinski definition) is 7. The number of aliphatic hydroxyl groups is 1. The van der Waals surface area contributed by atoms with Gasteiger partial charge in [0.1, 0.15) is 17.5 Å². The summed E-state index contributed by atoms with van der Waals surface area (Å²) in [6, 6.07) is 8.90. The minimum Gasteiger partial charge on any atom is -0.496 e. The number of aliphatic hydroxyl groups excluding tert-OH is 1. The minimum atomic E-state index is -1.67. The number of aromatic nitrogens is 5. The summed E-state index contributed by atoms with van der Waals surface area (Å²) in [5, 5.41) is 15.9. The van der Waals surface area contributed by atoms with E-state index in [0.29, 0.717) is 11.1 Å². The Morgan fingerprint density at radius 1 is 1.05 bits per heavy atom. The van der Waals surface area contributed by atoms with Gasteiger partial charge in [-0.05, 0) is 53.6 Å². The maximum Gasteiger partial charge on any atom is 0.332 e. The van der Waals surface area contributed by atoms with Gasteiger partial charge in [-0.1, -0.05) is 11.6 Å². The summed E-state index contributed by atoms with van der Waals surface area (Å²) >= 11 is 6.50. The molecule has 0 unspecified atom stereocenters. The van der Waals surface area contributed by atoms with E-state index in [0.717, 1.165) is 21.3 Å². The third-order valence-corrected chi connectivity index (χ3v) is 7.11. The molecule has 0 bridgehead atoms. The number of amides is 1. The third-order valence-electron chi connectivity index (χ3n) is 6.78. The van der Waals surface area contributed by atoms with Crippen molar-refractivity contribution in [1.82, 2.24) is 29.2 Å². The number of nitrogens with zero attached hydrogens (tertiary/aromatic N) is 5. The van der Waals surface area contributed by atoms with Gasteiger partial charge >= 0.3 is 5.69 Å². The maximum absolute atomic E-state index is 14.2. The van der Waals surface area contributed by atoms with Crippen LogP contribution in [0.4, 0.5) is 13.2 Å². The van der Waals surface area contributed by atoms with Gasteiger partial charge in [0.05, 0.1) is 32.3 Å². The number of aryl methyl sites for hydroxylation is 1. The SMILES string of the molecule is COc1cc(-c2cc(C(=O)NCCO)ccc2Cl)cc2c1c(=O)n(Cc1ncn(C)n1)c(=O)n2Cc1cc(F)c(F)c(F)c1. The van der Waals surface area contributed by atoms with Crippen molar-refractivity contribution in [2.75, 3.05) is 20.3 Å². The average Bonchev–Trinajstić information content (AvgIpc) is 3.42. The van der Waals surface area contributed by atoms with Gasteiger partial charge in [-0.2, -0.15) is 5.10 Å².